The molecule has 0 spiro atoms. The molecule has 94 valence electrons. The maximum Gasteiger partial charge on any atom is 0.00384 e. The summed E-state index contributed by atoms with van der Waals surface area (Å²) in [5.41, 5.74) is 0.650. The molecule has 2 fully saturated rings. The summed E-state index contributed by atoms with van der Waals surface area (Å²) in [4.78, 5) is 2.72. The quantitative estimate of drug-likeness (QED) is 0.771. The summed E-state index contributed by atoms with van der Waals surface area (Å²) >= 11 is 0. The summed E-state index contributed by atoms with van der Waals surface area (Å²) in [6, 6.07) is 0. The fourth-order valence-electron chi connectivity index (χ4n) is 3.28. The van der Waals surface area contributed by atoms with E-state index in [1.54, 1.807) is 0 Å². The Bertz CT molecular complexity index is 219. The molecule has 0 aromatic carbocycles. The van der Waals surface area contributed by atoms with E-state index in [0.717, 1.165) is 11.8 Å². The number of likely N-dealkylation sites (tertiary alicyclic amines) is 1. The number of nitrogens with zero attached hydrogens (tertiary/aromatic N) is 1. The van der Waals surface area contributed by atoms with Crippen LogP contribution in [0.2, 0.25) is 0 Å². The Kier molecular flexibility index (Phi) is 3.91. The fourth-order valence-corrected chi connectivity index (χ4v) is 3.28. The van der Waals surface area contributed by atoms with E-state index in [1.165, 1.54) is 52.0 Å². The highest BCUT2D eigenvalue weighted by molar-refractivity contribution is 4.90. The van der Waals surface area contributed by atoms with Crippen molar-refractivity contribution < 1.29 is 0 Å². The van der Waals surface area contributed by atoms with Crippen molar-refractivity contribution in [1.82, 2.24) is 10.2 Å². The molecule has 2 rings (SSSR count). The summed E-state index contributed by atoms with van der Waals surface area (Å²) in [7, 11) is 0. The Hall–Kier alpha value is -0.0800. The molecule has 1 unspecified atom stereocenters. The summed E-state index contributed by atoms with van der Waals surface area (Å²) in [6.07, 6.45) is 4.15. The molecule has 0 amide bonds. The van der Waals surface area contributed by atoms with Gasteiger partial charge >= 0.3 is 0 Å². The predicted octanol–water partition coefficient (Wildman–Crippen LogP) is 2.35. The molecule has 0 bridgehead atoms. The zero-order valence-corrected chi connectivity index (χ0v) is 11.3. The topological polar surface area (TPSA) is 15.3 Å². The molecular weight excluding hydrogens is 196 g/mol. The zero-order valence-electron chi connectivity index (χ0n) is 11.3. The van der Waals surface area contributed by atoms with E-state index >= 15 is 0 Å². The third kappa shape index (κ3) is 2.43. The van der Waals surface area contributed by atoms with Gasteiger partial charge in [0.2, 0.25) is 0 Å². The van der Waals surface area contributed by atoms with E-state index in [4.69, 9.17) is 0 Å². The van der Waals surface area contributed by atoms with Gasteiger partial charge in [0.1, 0.15) is 0 Å². The van der Waals surface area contributed by atoms with Gasteiger partial charge in [0, 0.05) is 13.1 Å². The largest absolute Gasteiger partial charge is 0.316 e. The minimum atomic E-state index is 0.650. The summed E-state index contributed by atoms with van der Waals surface area (Å²) in [5, 5.41) is 3.39. The van der Waals surface area contributed by atoms with E-state index in [0.29, 0.717) is 5.41 Å². The van der Waals surface area contributed by atoms with Crippen molar-refractivity contribution in [3.05, 3.63) is 0 Å². The van der Waals surface area contributed by atoms with Crippen LogP contribution in [0.15, 0.2) is 0 Å². The highest BCUT2D eigenvalue weighted by Gasteiger charge is 2.36. The van der Waals surface area contributed by atoms with Gasteiger partial charge in [-0.05, 0) is 56.1 Å². The van der Waals surface area contributed by atoms with E-state index in [2.05, 4.69) is 31.0 Å². The Morgan fingerprint density at radius 3 is 2.44 bits per heavy atom. The molecule has 2 heteroatoms. The van der Waals surface area contributed by atoms with Gasteiger partial charge in [0.25, 0.3) is 0 Å². The van der Waals surface area contributed by atoms with Crippen LogP contribution in [0.1, 0.15) is 40.0 Å². The molecule has 0 radical (unpaired) electrons. The van der Waals surface area contributed by atoms with Crippen molar-refractivity contribution in [2.75, 3.05) is 32.7 Å². The Morgan fingerprint density at radius 2 is 2.00 bits per heavy atom. The van der Waals surface area contributed by atoms with Gasteiger partial charge in [-0.25, -0.2) is 0 Å². The average molecular weight is 224 g/mol. The average Bonchev–Trinajstić information content (AvgIpc) is 2.59. The van der Waals surface area contributed by atoms with Crippen molar-refractivity contribution >= 4 is 0 Å². The first-order valence-corrected chi connectivity index (χ1v) is 7.12. The van der Waals surface area contributed by atoms with Crippen molar-refractivity contribution in [3.63, 3.8) is 0 Å². The molecule has 2 saturated heterocycles. The van der Waals surface area contributed by atoms with Crippen LogP contribution >= 0.6 is 0 Å². The van der Waals surface area contributed by atoms with E-state index < -0.39 is 0 Å². The molecule has 1 atom stereocenters. The monoisotopic (exact) mass is 224 g/mol. The van der Waals surface area contributed by atoms with Gasteiger partial charge in [0.15, 0.2) is 0 Å². The second-order valence-electron chi connectivity index (χ2n) is 6.09. The van der Waals surface area contributed by atoms with Crippen molar-refractivity contribution in [2.45, 2.75) is 40.0 Å². The van der Waals surface area contributed by atoms with Crippen LogP contribution in [-0.4, -0.2) is 37.6 Å². The molecular formula is C14H28N2. The molecule has 0 aromatic rings. The number of hydrogen-bond donors (Lipinski definition) is 1. The number of rotatable bonds is 5. The summed E-state index contributed by atoms with van der Waals surface area (Å²) < 4.78 is 0. The fraction of sp³-hybridized carbons (Fsp3) is 1.00. The molecule has 16 heavy (non-hydrogen) atoms. The Morgan fingerprint density at radius 1 is 1.31 bits per heavy atom. The lowest BCUT2D eigenvalue weighted by Gasteiger charge is -2.35. The van der Waals surface area contributed by atoms with Gasteiger partial charge in [-0.3, -0.25) is 0 Å². The van der Waals surface area contributed by atoms with Crippen molar-refractivity contribution in [3.8, 4) is 0 Å². The molecule has 0 saturated carbocycles. The molecule has 0 aromatic heterocycles. The van der Waals surface area contributed by atoms with Crippen molar-refractivity contribution in [1.29, 1.82) is 0 Å². The van der Waals surface area contributed by atoms with Crippen LogP contribution < -0.4 is 5.32 Å². The second kappa shape index (κ2) is 5.05. The van der Waals surface area contributed by atoms with Crippen LogP contribution in [0, 0.1) is 17.3 Å². The van der Waals surface area contributed by atoms with E-state index in [9.17, 15) is 0 Å². The maximum atomic E-state index is 3.39. The lowest BCUT2D eigenvalue weighted by molar-refractivity contribution is 0.168. The molecule has 0 aliphatic carbocycles. The van der Waals surface area contributed by atoms with Gasteiger partial charge < -0.3 is 10.2 Å². The van der Waals surface area contributed by atoms with Crippen LogP contribution in [0.3, 0.4) is 0 Å². The van der Waals surface area contributed by atoms with Gasteiger partial charge in [0.05, 0.1) is 0 Å². The lowest BCUT2D eigenvalue weighted by atomic mass is 9.82. The SMILES string of the molecule is CCC1(CC)CCN(CC(C)C2CNC2)C1. The van der Waals surface area contributed by atoms with E-state index in [1.807, 2.05) is 0 Å². The molecule has 2 aliphatic heterocycles. The number of hydrogen-bond acceptors (Lipinski definition) is 2. The van der Waals surface area contributed by atoms with Crippen LogP contribution in [0.4, 0.5) is 0 Å². The third-order valence-corrected chi connectivity index (χ3v) is 5.18. The van der Waals surface area contributed by atoms with Crippen LogP contribution in [-0.2, 0) is 0 Å². The molecule has 2 aliphatic rings. The first-order valence-electron chi connectivity index (χ1n) is 7.12. The predicted molar refractivity (Wildman–Crippen MR) is 69.6 cm³/mol. The maximum absolute atomic E-state index is 3.39. The smallest absolute Gasteiger partial charge is 0.00384 e. The summed E-state index contributed by atoms with van der Waals surface area (Å²) in [6.45, 7) is 13.7. The van der Waals surface area contributed by atoms with Gasteiger partial charge in [-0.2, -0.15) is 0 Å². The normalized spacial score (nSPS) is 27.9. The highest BCUT2D eigenvalue weighted by atomic mass is 15.2. The standard InChI is InChI=1S/C14H28N2/c1-4-14(5-2)6-7-16(11-14)10-12(3)13-8-15-9-13/h12-13,15H,4-11H2,1-3H3. The van der Waals surface area contributed by atoms with Crippen LogP contribution in [0.25, 0.3) is 0 Å². The Labute approximate surface area is 101 Å². The second-order valence-corrected chi connectivity index (χ2v) is 6.09. The van der Waals surface area contributed by atoms with E-state index in [-0.39, 0.29) is 0 Å². The minimum absolute atomic E-state index is 0.650. The number of nitrogens with one attached hydrogen (secondary N) is 1. The highest BCUT2D eigenvalue weighted by Crippen LogP contribution is 2.37. The first-order chi connectivity index (χ1) is 7.69. The third-order valence-electron chi connectivity index (χ3n) is 5.18. The lowest BCUT2D eigenvalue weighted by Crippen LogP contribution is -2.48. The summed E-state index contributed by atoms with van der Waals surface area (Å²) in [5.74, 6) is 1.82. The van der Waals surface area contributed by atoms with Gasteiger partial charge in [-0.1, -0.05) is 20.8 Å². The van der Waals surface area contributed by atoms with Crippen molar-refractivity contribution in [2.24, 2.45) is 17.3 Å². The Balaban J connectivity index is 1.79. The van der Waals surface area contributed by atoms with Crippen LogP contribution in [0.5, 0.6) is 0 Å². The molecule has 2 heterocycles. The zero-order chi connectivity index (χ0) is 11.6. The first kappa shape index (κ1) is 12.4. The van der Waals surface area contributed by atoms with Gasteiger partial charge in [-0.15, -0.1) is 0 Å². The molecule has 1 N–H and O–H groups in total. The molecule has 2 nitrogen and oxygen atoms in total. The minimum Gasteiger partial charge on any atom is -0.316 e.